The number of pyridine rings is 1. The molecule has 1 saturated heterocycles. The van der Waals surface area contributed by atoms with Crippen molar-refractivity contribution in [3.05, 3.63) is 59.3 Å². The lowest BCUT2D eigenvalue weighted by Crippen LogP contribution is -2.68. The molecular formula is C49H72N4O6S. The quantitative estimate of drug-likeness (QED) is 0.188. The van der Waals surface area contributed by atoms with Crippen molar-refractivity contribution in [2.45, 2.75) is 124 Å². The highest BCUT2D eigenvalue weighted by Gasteiger charge is 2.70. The summed E-state index contributed by atoms with van der Waals surface area (Å²) in [6.45, 7) is 22.9. The Morgan fingerprint density at radius 3 is 2.38 bits per heavy atom. The first kappa shape index (κ1) is 43.6. The van der Waals surface area contributed by atoms with E-state index in [1.165, 1.54) is 86.4 Å². The zero-order chi connectivity index (χ0) is 43.1. The van der Waals surface area contributed by atoms with Crippen LogP contribution in [0.2, 0.25) is 0 Å². The molecule has 8 rings (SSSR count). The summed E-state index contributed by atoms with van der Waals surface area (Å²) < 4.78 is 30.1. The largest absolute Gasteiger partial charge is 0.481 e. The van der Waals surface area contributed by atoms with Gasteiger partial charge in [-0.2, -0.15) is 0 Å². The summed E-state index contributed by atoms with van der Waals surface area (Å²) >= 11 is 0. The van der Waals surface area contributed by atoms with E-state index in [-0.39, 0.29) is 56.8 Å². The first-order valence-electron chi connectivity index (χ1n) is 23.1. The number of carboxylic acid groups (broad SMARTS) is 1. The van der Waals surface area contributed by atoms with Crippen LogP contribution in [0.15, 0.2) is 53.8 Å². The van der Waals surface area contributed by atoms with Gasteiger partial charge < -0.3 is 25.8 Å². The Hall–Kier alpha value is -3.02. The van der Waals surface area contributed by atoms with Crippen LogP contribution < -0.4 is 15.8 Å². The Bertz CT molecular complexity index is 2070. The van der Waals surface area contributed by atoms with Gasteiger partial charge in [0.2, 0.25) is 11.8 Å². The highest BCUT2D eigenvalue weighted by Crippen LogP contribution is 2.76. The van der Waals surface area contributed by atoms with Crippen LogP contribution in [-0.4, -0.2) is 85.1 Å². The number of primary amides is 1. The average Bonchev–Trinajstić information content (AvgIpc) is 3.58. The maximum atomic E-state index is 12.8. The number of hydrogen-bond acceptors (Lipinski definition) is 8. The van der Waals surface area contributed by atoms with Crippen LogP contribution in [0.3, 0.4) is 0 Å². The average molecular weight is 845 g/mol. The van der Waals surface area contributed by atoms with Crippen LogP contribution in [0.4, 0.5) is 0 Å². The molecule has 10 nitrogen and oxygen atoms in total. The summed E-state index contributed by atoms with van der Waals surface area (Å²) in [4.78, 5) is 31.1. The summed E-state index contributed by atoms with van der Waals surface area (Å²) in [5, 5.41) is 14.7. The minimum atomic E-state index is -2.88. The molecule has 6 aliphatic carbocycles. The highest BCUT2D eigenvalue weighted by atomic mass is 32.2. The molecule has 330 valence electrons. The molecule has 0 spiro atoms. The van der Waals surface area contributed by atoms with Crippen LogP contribution in [0.5, 0.6) is 5.88 Å². The van der Waals surface area contributed by atoms with Gasteiger partial charge in [0.05, 0.1) is 11.5 Å². The minimum Gasteiger partial charge on any atom is -0.481 e. The summed E-state index contributed by atoms with van der Waals surface area (Å²) in [6, 6.07) is 2.99. The van der Waals surface area contributed by atoms with E-state index in [4.69, 9.17) is 10.5 Å². The lowest BCUT2D eigenvalue weighted by molar-refractivity contribution is -0.221. The predicted octanol–water partition coefficient (Wildman–Crippen LogP) is 8.01. The van der Waals surface area contributed by atoms with Gasteiger partial charge >= 0.3 is 5.97 Å². The molecule has 1 amide bonds. The van der Waals surface area contributed by atoms with Crippen molar-refractivity contribution in [2.75, 3.05) is 44.3 Å². The first-order valence-corrected chi connectivity index (χ1v) is 24.9. The molecule has 60 heavy (non-hydrogen) atoms. The lowest BCUT2D eigenvalue weighted by atomic mass is 9.33. The summed E-state index contributed by atoms with van der Waals surface area (Å²) in [6.07, 6.45) is 18.7. The number of aromatic nitrogens is 1. The smallest absolute Gasteiger partial charge is 0.313 e. The second-order valence-electron chi connectivity index (χ2n) is 21.9. The first-order chi connectivity index (χ1) is 28.2. The topological polar surface area (TPSA) is 152 Å². The number of rotatable bonds is 11. The van der Waals surface area contributed by atoms with Gasteiger partial charge in [-0.25, -0.2) is 13.4 Å². The van der Waals surface area contributed by atoms with Crippen LogP contribution in [0, 0.1) is 56.7 Å². The van der Waals surface area contributed by atoms with Crippen LogP contribution in [0.1, 0.15) is 129 Å². The standard InChI is InChI=1S/C49H72N4O6S/c1-32(2)35-12-20-49(52-24-25-53-26-28-60(57,58)29-27-53)22-21-46(6)37(41(35)49)8-9-39-45(5)16-13-36(44(3,4)38(45)14-17-47(39,46)7)33-10-18-48(19-11-33,43(55)56)31-59-40-30-34(42(50)54)15-23-51-40/h10,13,15,23,30,35,37-39,41,52H,1,8-9,11-12,14,16-22,24-29,31H2,2-7H3,(H2,50,54)(H,55,56)/t35-,37+,38-,39+,41+,45-,46+,47+,48+,49-/m0/s1. The molecule has 11 heteroatoms. The normalized spacial score (nSPS) is 40.7. The van der Waals surface area contributed by atoms with Gasteiger partial charge in [-0.05, 0) is 152 Å². The van der Waals surface area contributed by atoms with E-state index in [0.717, 1.165) is 19.5 Å². The van der Waals surface area contributed by atoms with Crippen molar-refractivity contribution in [3.8, 4) is 5.88 Å². The molecule has 0 radical (unpaired) electrons. The molecule has 10 atom stereocenters. The Morgan fingerprint density at radius 1 is 0.967 bits per heavy atom. The van der Waals surface area contributed by atoms with Crippen molar-refractivity contribution >= 4 is 21.7 Å². The summed E-state index contributed by atoms with van der Waals surface area (Å²) in [7, 11) is -2.88. The lowest BCUT2D eigenvalue weighted by Gasteiger charge is -2.72. The second kappa shape index (κ2) is 15.4. The molecule has 4 saturated carbocycles. The van der Waals surface area contributed by atoms with Gasteiger partial charge in [-0.1, -0.05) is 58.9 Å². The van der Waals surface area contributed by atoms with Crippen LogP contribution in [0.25, 0.3) is 0 Å². The number of aliphatic carboxylic acids is 1. The fraction of sp³-hybridized carbons (Fsp3) is 0.735. The third-order valence-corrected chi connectivity index (χ3v) is 20.5. The van der Waals surface area contributed by atoms with Gasteiger partial charge in [-0.3, -0.25) is 9.59 Å². The van der Waals surface area contributed by atoms with E-state index >= 15 is 0 Å². The van der Waals surface area contributed by atoms with Crippen molar-refractivity contribution in [2.24, 2.45) is 62.4 Å². The van der Waals surface area contributed by atoms with E-state index in [1.54, 1.807) is 0 Å². The molecule has 2 heterocycles. The third-order valence-electron chi connectivity index (χ3n) is 18.9. The van der Waals surface area contributed by atoms with Crippen molar-refractivity contribution in [3.63, 3.8) is 0 Å². The SMILES string of the molecule is C=C(C)[C@@H]1CC[C@]2(NCCN3CCS(=O)(=O)CC3)CC[C@]3(C)[C@H](CC[C@@H]4[C@@]5(C)CC=C(C6=CC[C@@](COc7cc(C(N)=O)ccn7)(C(=O)O)CC6)C(C)(C)[C@@H]5CC[C@]43C)[C@@H]12. The number of nitrogens with two attached hydrogens (primary N) is 1. The van der Waals surface area contributed by atoms with Gasteiger partial charge in [0.1, 0.15) is 12.0 Å². The number of hydrogen-bond donors (Lipinski definition) is 3. The van der Waals surface area contributed by atoms with E-state index in [2.05, 4.69) is 75.5 Å². The van der Waals surface area contributed by atoms with Gasteiger partial charge in [0, 0.05) is 49.5 Å². The minimum absolute atomic E-state index is 0.0253. The predicted molar refractivity (Wildman–Crippen MR) is 236 cm³/mol. The Labute approximate surface area is 359 Å². The number of amides is 1. The molecule has 0 aromatic carbocycles. The zero-order valence-corrected chi connectivity index (χ0v) is 38.1. The molecule has 5 fully saturated rings. The zero-order valence-electron chi connectivity index (χ0n) is 37.3. The van der Waals surface area contributed by atoms with Crippen molar-refractivity contribution in [1.82, 2.24) is 15.2 Å². The third kappa shape index (κ3) is 7.03. The molecular weight excluding hydrogens is 773 g/mol. The Kier molecular flexibility index (Phi) is 11.2. The monoisotopic (exact) mass is 845 g/mol. The Morgan fingerprint density at radius 2 is 1.72 bits per heavy atom. The maximum absolute atomic E-state index is 12.8. The molecule has 0 unspecified atom stereocenters. The number of carboxylic acids is 1. The fourth-order valence-corrected chi connectivity index (χ4v) is 16.7. The number of fused-ring (bicyclic) bond motifs is 7. The van der Waals surface area contributed by atoms with Gasteiger partial charge in [0.15, 0.2) is 9.84 Å². The van der Waals surface area contributed by atoms with E-state index < -0.39 is 27.1 Å². The maximum Gasteiger partial charge on any atom is 0.313 e. The fourth-order valence-electron chi connectivity index (χ4n) is 15.4. The van der Waals surface area contributed by atoms with Gasteiger partial charge in [-0.15, -0.1) is 0 Å². The van der Waals surface area contributed by atoms with Gasteiger partial charge in [0.25, 0.3) is 0 Å². The number of sulfone groups is 1. The van der Waals surface area contributed by atoms with Crippen LogP contribution in [-0.2, 0) is 14.6 Å². The molecule has 1 aromatic heterocycles. The molecule has 7 aliphatic rings. The van der Waals surface area contributed by atoms with Crippen molar-refractivity contribution in [1.29, 1.82) is 0 Å². The van der Waals surface area contributed by atoms with Crippen LogP contribution >= 0.6 is 0 Å². The van der Waals surface area contributed by atoms with E-state index in [0.29, 0.717) is 61.9 Å². The van der Waals surface area contributed by atoms with E-state index in [9.17, 15) is 23.1 Å². The number of ether oxygens (including phenoxy) is 1. The molecule has 1 aromatic rings. The second-order valence-corrected chi connectivity index (χ2v) is 24.2. The summed E-state index contributed by atoms with van der Waals surface area (Å²) in [5.41, 5.74) is 9.43. The number of carbonyl (C=O) groups excluding carboxylic acids is 1. The summed E-state index contributed by atoms with van der Waals surface area (Å²) in [5.74, 6) is 2.23. The number of carbonyl (C=O) groups is 2. The molecule has 1 aliphatic heterocycles. The Balaban J connectivity index is 1.000. The number of allylic oxidation sites excluding steroid dienone is 5. The highest BCUT2D eigenvalue weighted by molar-refractivity contribution is 7.91. The number of nitrogens with zero attached hydrogens (tertiary/aromatic N) is 2. The number of nitrogens with one attached hydrogen (secondary N) is 1. The molecule has 0 bridgehead atoms. The van der Waals surface area contributed by atoms with E-state index in [1.807, 2.05) is 0 Å². The molecule has 4 N–H and O–H groups in total. The van der Waals surface area contributed by atoms with Crippen molar-refractivity contribution < 1.29 is 27.9 Å².